The highest BCUT2D eigenvalue weighted by Crippen LogP contribution is 2.46. The molecule has 1 amide bonds. The van der Waals surface area contributed by atoms with E-state index in [1.54, 1.807) is 0 Å². The van der Waals surface area contributed by atoms with Crippen LogP contribution in [-0.4, -0.2) is 87.4 Å². The minimum atomic E-state index is -5.39. The molecule has 0 saturated carbocycles. The molecule has 6 rings (SSSR count). The number of amides is 1. The number of carboxylic acids is 1. The first-order valence-electron chi connectivity index (χ1n) is 17.9. The number of anilines is 1. The van der Waals surface area contributed by atoms with E-state index < -0.39 is 101 Å². The van der Waals surface area contributed by atoms with Gasteiger partial charge in [0.1, 0.15) is 0 Å². The van der Waals surface area contributed by atoms with Gasteiger partial charge in [-0.05, 0) is 71.6 Å². The Hall–Kier alpha value is -6.05. The molecule has 23 heteroatoms. The molecule has 0 fully saturated rings. The maximum absolute atomic E-state index is 14.0. The van der Waals surface area contributed by atoms with Crippen molar-refractivity contribution in [1.29, 1.82) is 0 Å². The molecule has 62 heavy (non-hydrogen) atoms. The third kappa shape index (κ3) is 9.85. The summed E-state index contributed by atoms with van der Waals surface area (Å²) in [6.07, 6.45) is -0.153. The molecule has 4 aromatic carbocycles. The molecule has 0 radical (unpaired) electrons. The molecule has 6 N–H and O–H groups in total. The molecule has 0 bridgehead atoms. The Kier molecular flexibility index (Phi) is 12.7. The summed E-state index contributed by atoms with van der Waals surface area (Å²) in [6, 6.07) is 20.8. The molecule has 0 spiro atoms. The van der Waals surface area contributed by atoms with Crippen molar-refractivity contribution in [2.75, 3.05) is 18.9 Å². The topological polar surface area (TPSA) is 313 Å². The minimum absolute atomic E-state index is 0.00401. The Labute approximate surface area is 354 Å². The molecule has 1 aliphatic carbocycles. The summed E-state index contributed by atoms with van der Waals surface area (Å²) in [5.41, 5.74) is -0.912. The van der Waals surface area contributed by atoms with Crippen LogP contribution in [0, 0.1) is 0 Å². The summed E-state index contributed by atoms with van der Waals surface area (Å²) >= 11 is 0. The van der Waals surface area contributed by atoms with Crippen LogP contribution in [-0.2, 0) is 58.4 Å². The van der Waals surface area contributed by atoms with E-state index in [-0.39, 0.29) is 59.1 Å². The lowest BCUT2D eigenvalue weighted by molar-refractivity contribution is -0.137. The maximum Gasteiger partial charge on any atom is 0.303 e. The summed E-state index contributed by atoms with van der Waals surface area (Å²) in [6.45, 7) is -0.786. The smallest absolute Gasteiger partial charge is 0.303 e. The van der Waals surface area contributed by atoms with Crippen molar-refractivity contribution in [2.24, 2.45) is 4.99 Å². The summed E-state index contributed by atoms with van der Waals surface area (Å²) in [7, 11) is -18.6. The fourth-order valence-electron chi connectivity index (χ4n) is 6.72. The van der Waals surface area contributed by atoms with Gasteiger partial charge in [-0.15, -0.1) is 0 Å². The average Bonchev–Trinajstić information content (AvgIpc) is 3.19. The van der Waals surface area contributed by atoms with Crippen LogP contribution >= 0.6 is 0 Å². The second-order valence-corrected chi connectivity index (χ2v) is 19.2. The summed E-state index contributed by atoms with van der Waals surface area (Å²) in [5.74, 6) is -2.41. The number of benzene rings is 5. The number of nitrogens with one attached hydrogen (secondary N) is 1. The van der Waals surface area contributed by atoms with Crippen molar-refractivity contribution in [3.63, 3.8) is 0 Å². The van der Waals surface area contributed by atoms with E-state index in [0.29, 0.717) is 5.56 Å². The van der Waals surface area contributed by atoms with Crippen LogP contribution in [0.25, 0.3) is 33.4 Å². The molecule has 1 heterocycles. The highest BCUT2D eigenvalue weighted by atomic mass is 32.2. The number of nitrogens with zero attached hydrogens (tertiary/aromatic N) is 2. The SMILES string of the molecule is CN(CCCC(=O)O)C(=O)c1ccccc1-c1c2ccc(=NCc3ccc(S(=O)(=O)O)cc3)c(S(=O)(=O)O)c-2oc2c(S(=O)(=O)O)c(NCc3ccccc3S(=O)(=O)O)ccc12. The quantitative estimate of drug-likeness (QED) is 0.0593. The van der Waals surface area contributed by atoms with E-state index in [0.717, 1.165) is 18.2 Å². The number of fused-ring (bicyclic) bond motifs is 2. The van der Waals surface area contributed by atoms with E-state index in [9.17, 15) is 61.5 Å². The lowest BCUT2D eigenvalue weighted by Crippen LogP contribution is -2.28. The van der Waals surface area contributed by atoms with Gasteiger partial charge in [0.15, 0.2) is 21.1 Å². The second-order valence-electron chi connectivity index (χ2n) is 13.7. The first-order valence-corrected chi connectivity index (χ1v) is 23.7. The Bertz CT molecular complexity index is 3260. The van der Waals surface area contributed by atoms with Crippen molar-refractivity contribution in [3.05, 3.63) is 119 Å². The molecule has 326 valence electrons. The Morgan fingerprint density at radius 1 is 0.710 bits per heavy atom. The Morgan fingerprint density at radius 2 is 1.35 bits per heavy atom. The van der Waals surface area contributed by atoms with Gasteiger partial charge in [-0.2, -0.15) is 33.7 Å². The van der Waals surface area contributed by atoms with Crippen LogP contribution in [0.2, 0.25) is 0 Å². The first-order chi connectivity index (χ1) is 29.0. The van der Waals surface area contributed by atoms with Crippen molar-refractivity contribution in [1.82, 2.24) is 4.90 Å². The zero-order chi connectivity index (χ0) is 45.4. The molecule has 4 aromatic rings. The van der Waals surface area contributed by atoms with E-state index in [2.05, 4.69) is 10.3 Å². The van der Waals surface area contributed by atoms with E-state index in [1.165, 1.54) is 90.8 Å². The maximum atomic E-state index is 14.0. The highest BCUT2D eigenvalue weighted by Gasteiger charge is 2.33. The molecule has 19 nitrogen and oxygen atoms in total. The number of rotatable bonds is 15. The predicted molar refractivity (Wildman–Crippen MR) is 221 cm³/mol. The molecule has 0 unspecified atom stereocenters. The molecule has 0 aromatic heterocycles. The van der Waals surface area contributed by atoms with Gasteiger partial charge < -0.3 is 19.7 Å². The molecule has 0 saturated heterocycles. The number of hydrogen-bond donors (Lipinski definition) is 6. The van der Waals surface area contributed by atoms with Gasteiger partial charge in [0.25, 0.3) is 46.4 Å². The number of carboxylic acid groups (broad SMARTS) is 1. The molecular formula is C39H35N3O16S4. The lowest BCUT2D eigenvalue weighted by atomic mass is 9.90. The van der Waals surface area contributed by atoms with Crippen molar-refractivity contribution < 1.29 is 71.0 Å². The predicted octanol–water partition coefficient (Wildman–Crippen LogP) is 4.84. The van der Waals surface area contributed by atoms with Crippen molar-refractivity contribution >= 4 is 69.0 Å². The molecule has 2 aliphatic rings. The number of carbonyl (C=O) groups is 2. The van der Waals surface area contributed by atoms with Gasteiger partial charge in [0.2, 0.25) is 0 Å². The second kappa shape index (κ2) is 17.4. The number of hydrogen-bond acceptors (Lipinski definition) is 13. The third-order valence-electron chi connectivity index (χ3n) is 9.49. The van der Waals surface area contributed by atoms with Crippen molar-refractivity contribution in [3.8, 4) is 22.5 Å². The van der Waals surface area contributed by atoms with Crippen LogP contribution < -0.4 is 10.7 Å². The Balaban J connectivity index is 1.67. The zero-order valence-electron chi connectivity index (χ0n) is 32.0. The normalized spacial score (nSPS) is 12.8. The van der Waals surface area contributed by atoms with Crippen LogP contribution in [0.1, 0.15) is 34.3 Å². The largest absolute Gasteiger partial charge is 0.481 e. The first kappa shape index (κ1) is 45.5. The summed E-state index contributed by atoms with van der Waals surface area (Å²) in [5, 5.41) is 11.3. The van der Waals surface area contributed by atoms with Crippen LogP contribution in [0.4, 0.5) is 5.69 Å². The Morgan fingerprint density at radius 3 is 1.98 bits per heavy atom. The average molecular weight is 930 g/mol. The van der Waals surface area contributed by atoms with Gasteiger partial charge in [-0.1, -0.05) is 48.5 Å². The minimum Gasteiger partial charge on any atom is -0.481 e. The van der Waals surface area contributed by atoms with Crippen LogP contribution in [0.3, 0.4) is 0 Å². The van der Waals surface area contributed by atoms with Gasteiger partial charge in [-0.3, -0.25) is 32.8 Å². The standard InChI is InChI=1S/C39H35N3O16S4/c1-42(20-6-11-33(43)44)39(45)27-9-4-3-8-26(27)34-28-16-18-30(40-21-23-12-14-25(15-13-23)59(46,47)48)37(61(52,53)54)35(28)58-36-29(34)17-19-31(38(36)62(55,56)57)41-22-24-7-2-5-10-32(24)60(49,50)51/h2-5,7-10,12-19,41H,6,11,20-22H2,1H3,(H,43,44)(H,46,47,48)(H,49,50,51)(H,52,53,54)(H,55,56,57). The van der Waals surface area contributed by atoms with Crippen molar-refractivity contribution in [2.45, 2.75) is 45.5 Å². The highest BCUT2D eigenvalue weighted by molar-refractivity contribution is 7.86. The van der Waals surface area contributed by atoms with Gasteiger partial charge >= 0.3 is 5.97 Å². The van der Waals surface area contributed by atoms with Crippen LogP contribution in [0.15, 0.2) is 126 Å². The fourth-order valence-corrected chi connectivity index (χ4v) is 9.50. The number of aliphatic carboxylic acids is 1. The third-order valence-corrected chi connectivity index (χ3v) is 13.1. The number of carbonyl (C=O) groups excluding carboxylic acids is 1. The lowest BCUT2D eigenvalue weighted by Gasteiger charge is -2.23. The fraction of sp³-hybridized carbons (Fsp3) is 0.154. The van der Waals surface area contributed by atoms with E-state index in [1.807, 2.05) is 0 Å². The van der Waals surface area contributed by atoms with Gasteiger partial charge in [0.05, 0.1) is 27.4 Å². The van der Waals surface area contributed by atoms with Gasteiger partial charge in [0, 0.05) is 48.6 Å². The molecule has 1 aliphatic heterocycles. The van der Waals surface area contributed by atoms with Gasteiger partial charge in [-0.25, -0.2) is 0 Å². The van der Waals surface area contributed by atoms with Crippen LogP contribution in [0.5, 0.6) is 0 Å². The summed E-state index contributed by atoms with van der Waals surface area (Å²) in [4.78, 5) is 27.8. The van der Waals surface area contributed by atoms with E-state index in [4.69, 9.17) is 9.52 Å². The zero-order valence-corrected chi connectivity index (χ0v) is 35.3. The molecule has 0 atom stereocenters. The van der Waals surface area contributed by atoms with E-state index >= 15 is 0 Å². The monoisotopic (exact) mass is 929 g/mol. The summed E-state index contributed by atoms with van der Waals surface area (Å²) < 4.78 is 147. The molecular weight excluding hydrogens is 895 g/mol.